The number of hydrogen-bond acceptors (Lipinski definition) is 3. The summed E-state index contributed by atoms with van der Waals surface area (Å²) in [4.78, 5) is 14.2. The Balaban J connectivity index is 1.65. The van der Waals surface area contributed by atoms with E-state index in [9.17, 15) is 4.79 Å². The lowest BCUT2D eigenvalue weighted by molar-refractivity contribution is 0.0601. The molecule has 118 valence electrons. The monoisotopic (exact) mass is 319 g/mol. The van der Waals surface area contributed by atoms with Crippen LogP contribution in [0.2, 0.25) is 5.02 Å². The lowest BCUT2D eigenvalue weighted by atomic mass is 9.89. The van der Waals surface area contributed by atoms with E-state index in [4.69, 9.17) is 16.3 Å². The van der Waals surface area contributed by atoms with Crippen molar-refractivity contribution < 1.29 is 9.53 Å². The highest BCUT2D eigenvalue weighted by atomic mass is 35.5. The first-order valence-corrected chi connectivity index (χ1v) is 8.36. The molecule has 1 aromatic carbocycles. The molecule has 1 aliphatic carbocycles. The number of carbonyl (C=O) groups excluding carboxylic acids is 1. The number of likely N-dealkylation sites (tertiary alicyclic amines) is 1. The molecular weight excluding hydrogens is 298 g/mol. The predicted octanol–water partition coefficient (Wildman–Crippen LogP) is 4.16. The maximum Gasteiger partial charge on any atom is 0.339 e. The summed E-state index contributed by atoms with van der Waals surface area (Å²) in [6, 6.07) is 6.36. The van der Waals surface area contributed by atoms with Crippen LogP contribution in [0.5, 0.6) is 0 Å². The summed E-state index contributed by atoms with van der Waals surface area (Å²) >= 11 is 6.17. The molecule has 1 aromatic rings. The van der Waals surface area contributed by atoms with E-state index in [-0.39, 0.29) is 0 Å². The van der Waals surface area contributed by atoms with Crippen molar-refractivity contribution in [1.29, 1.82) is 0 Å². The molecule has 1 saturated heterocycles. The molecule has 3 rings (SSSR count). The Hall–Kier alpha value is -1.32. The Labute approximate surface area is 136 Å². The van der Waals surface area contributed by atoms with E-state index in [2.05, 4.69) is 11.0 Å². The van der Waals surface area contributed by atoms with Gasteiger partial charge in [0.2, 0.25) is 0 Å². The number of piperidine rings is 1. The molecule has 0 radical (unpaired) electrons. The van der Waals surface area contributed by atoms with Crippen LogP contribution >= 0.6 is 11.6 Å². The van der Waals surface area contributed by atoms with Gasteiger partial charge in [0.05, 0.1) is 17.7 Å². The molecule has 0 atom stereocenters. The second-order valence-electron chi connectivity index (χ2n) is 6.15. The summed E-state index contributed by atoms with van der Waals surface area (Å²) in [5.74, 6) is -0.391. The highest BCUT2D eigenvalue weighted by Crippen LogP contribution is 2.29. The van der Waals surface area contributed by atoms with Gasteiger partial charge in [0.15, 0.2) is 0 Å². The van der Waals surface area contributed by atoms with E-state index in [0.717, 1.165) is 24.4 Å². The summed E-state index contributed by atoms with van der Waals surface area (Å²) in [6.45, 7) is 2.34. The molecule has 1 saturated carbocycles. The Bertz CT molecular complexity index is 583. The topological polar surface area (TPSA) is 29.5 Å². The molecule has 0 N–H and O–H groups in total. The van der Waals surface area contributed by atoms with Gasteiger partial charge in [-0.1, -0.05) is 35.7 Å². The Morgan fingerprint density at radius 2 is 2.05 bits per heavy atom. The summed E-state index contributed by atoms with van der Waals surface area (Å²) in [7, 11) is 1.37. The smallest absolute Gasteiger partial charge is 0.339 e. The van der Waals surface area contributed by atoms with Gasteiger partial charge in [-0.3, -0.25) is 4.90 Å². The SMILES string of the molecule is COC(=O)c1ccc(C=C2CCN(C3CCC3)CC2)cc1Cl. The van der Waals surface area contributed by atoms with Crippen molar-refractivity contribution in [3.05, 3.63) is 39.9 Å². The quantitative estimate of drug-likeness (QED) is 0.784. The maximum atomic E-state index is 11.5. The number of ether oxygens (including phenoxy) is 1. The van der Waals surface area contributed by atoms with Crippen LogP contribution in [0, 0.1) is 0 Å². The van der Waals surface area contributed by atoms with Gasteiger partial charge in [-0.15, -0.1) is 0 Å². The highest BCUT2D eigenvalue weighted by Gasteiger charge is 2.26. The molecule has 1 aliphatic heterocycles. The van der Waals surface area contributed by atoms with E-state index < -0.39 is 5.97 Å². The van der Waals surface area contributed by atoms with Crippen molar-refractivity contribution in [1.82, 2.24) is 4.90 Å². The molecule has 0 unspecified atom stereocenters. The van der Waals surface area contributed by atoms with Crippen LogP contribution in [0.4, 0.5) is 0 Å². The van der Waals surface area contributed by atoms with Crippen LogP contribution in [0.3, 0.4) is 0 Å². The third-order valence-electron chi connectivity index (χ3n) is 4.80. The van der Waals surface area contributed by atoms with Gasteiger partial charge >= 0.3 is 5.97 Å². The minimum Gasteiger partial charge on any atom is -0.465 e. The third kappa shape index (κ3) is 3.36. The van der Waals surface area contributed by atoms with Gasteiger partial charge in [0.25, 0.3) is 0 Å². The van der Waals surface area contributed by atoms with Crippen molar-refractivity contribution in [2.45, 2.75) is 38.1 Å². The van der Waals surface area contributed by atoms with Gasteiger partial charge < -0.3 is 4.74 Å². The first-order valence-electron chi connectivity index (χ1n) is 7.99. The molecule has 4 heteroatoms. The fourth-order valence-corrected chi connectivity index (χ4v) is 3.47. The summed E-state index contributed by atoms with van der Waals surface area (Å²) in [5.41, 5.74) is 2.95. The first kappa shape index (κ1) is 15.6. The van der Waals surface area contributed by atoms with Crippen LogP contribution in [-0.2, 0) is 4.74 Å². The molecule has 1 heterocycles. The van der Waals surface area contributed by atoms with Crippen molar-refractivity contribution in [2.75, 3.05) is 20.2 Å². The zero-order valence-corrected chi connectivity index (χ0v) is 13.7. The predicted molar refractivity (Wildman–Crippen MR) is 89.2 cm³/mol. The number of methoxy groups -OCH3 is 1. The molecule has 0 bridgehead atoms. The van der Waals surface area contributed by atoms with Crippen molar-refractivity contribution in [3.63, 3.8) is 0 Å². The molecule has 0 amide bonds. The Morgan fingerprint density at radius 3 is 2.59 bits per heavy atom. The largest absolute Gasteiger partial charge is 0.465 e. The second-order valence-corrected chi connectivity index (χ2v) is 6.56. The molecule has 2 aliphatic rings. The van der Waals surface area contributed by atoms with Crippen LogP contribution in [0.15, 0.2) is 23.8 Å². The molecular formula is C18H22ClNO2. The van der Waals surface area contributed by atoms with Gasteiger partial charge in [0, 0.05) is 19.1 Å². The first-order chi connectivity index (χ1) is 10.7. The number of carbonyl (C=O) groups is 1. The van der Waals surface area contributed by atoms with Crippen LogP contribution in [-0.4, -0.2) is 37.1 Å². The maximum absolute atomic E-state index is 11.5. The number of nitrogens with zero attached hydrogens (tertiary/aromatic N) is 1. The molecule has 3 nitrogen and oxygen atoms in total. The van der Waals surface area contributed by atoms with E-state index in [1.54, 1.807) is 6.07 Å². The number of rotatable bonds is 3. The number of esters is 1. The van der Waals surface area contributed by atoms with E-state index in [1.807, 2.05) is 12.1 Å². The summed E-state index contributed by atoms with van der Waals surface area (Å²) in [5, 5.41) is 0.452. The van der Waals surface area contributed by atoms with Gasteiger partial charge in [-0.2, -0.15) is 0 Å². The van der Waals surface area contributed by atoms with E-state index >= 15 is 0 Å². The fraction of sp³-hybridized carbons (Fsp3) is 0.500. The van der Waals surface area contributed by atoms with Crippen molar-refractivity contribution >= 4 is 23.6 Å². The van der Waals surface area contributed by atoms with Gasteiger partial charge in [-0.05, 0) is 43.4 Å². The number of halogens is 1. The Kier molecular flexibility index (Phi) is 4.84. The minimum atomic E-state index is -0.391. The van der Waals surface area contributed by atoms with Crippen LogP contribution in [0.1, 0.15) is 48.0 Å². The average Bonchev–Trinajstić information content (AvgIpc) is 2.47. The van der Waals surface area contributed by atoms with E-state index in [0.29, 0.717) is 10.6 Å². The zero-order chi connectivity index (χ0) is 15.5. The Morgan fingerprint density at radius 1 is 1.32 bits per heavy atom. The summed E-state index contributed by atoms with van der Waals surface area (Å²) in [6.07, 6.45) is 8.63. The van der Waals surface area contributed by atoms with Crippen LogP contribution < -0.4 is 0 Å². The number of benzene rings is 1. The molecule has 2 fully saturated rings. The zero-order valence-electron chi connectivity index (χ0n) is 13.0. The van der Waals surface area contributed by atoms with Gasteiger partial charge in [0.1, 0.15) is 0 Å². The highest BCUT2D eigenvalue weighted by molar-refractivity contribution is 6.33. The van der Waals surface area contributed by atoms with Crippen molar-refractivity contribution in [2.24, 2.45) is 0 Å². The fourth-order valence-electron chi connectivity index (χ4n) is 3.20. The molecule has 0 spiro atoms. The number of hydrogen-bond donors (Lipinski definition) is 0. The average molecular weight is 320 g/mol. The van der Waals surface area contributed by atoms with Gasteiger partial charge in [-0.25, -0.2) is 4.79 Å². The summed E-state index contributed by atoms with van der Waals surface area (Å²) < 4.78 is 4.71. The molecule has 0 aromatic heterocycles. The van der Waals surface area contributed by atoms with Crippen LogP contribution in [0.25, 0.3) is 6.08 Å². The lowest BCUT2D eigenvalue weighted by Gasteiger charge is -2.40. The van der Waals surface area contributed by atoms with E-state index in [1.165, 1.54) is 45.0 Å². The third-order valence-corrected chi connectivity index (χ3v) is 5.11. The molecule has 22 heavy (non-hydrogen) atoms. The lowest BCUT2D eigenvalue weighted by Crippen LogP contribution is -2.43. The second kappa shape index (κ2) is 6.84. The standard InChI is InChI=1S/C18H22ClNO2/c1-22-18(21)16-6-5-14(12-17(16)19)11-13-7-9-20(10-8-13)15-3-2-4-15/h5-6,11-12,15H,2-4,7-10H2,1H3. The minimum absolute atomic E-state index is 0.391. The van der Waals surface area contributed by atoms with Crippen molar-refractivity contribution in [3.8, 4) is 0 Å². The normalized spacial score (nSPS) is 19.6.